The molecule has 0 saturated carbocycles. The fourth-order valence-electron chi connectivity index (χ4n) is 3.47. The molecule has 148 valence electrons. The first-order valence-corrected chi connectivity index (χ1v) is 9.85. The maximum absolute atomic E-state index is 12.8. The number of hydrogen-bond acceptors (Lipinski definition) is 5. The van der Waals surface area contributed by atoms with Gasteiger partial charge in [-0.15, -0.1) is 0 Å². The molecule has 0 radical (unpaired) electrons. The molecule has 1 aromatic heterocycles. The van der Waals surface area contributed by atoms with Gasteiger partial charge in [0.1, 0.15) is 11.5 Å². The Morgan fingerprint density at radius 3 is 2.62 bits per heavy atom. The highest BCUT2D eigenvalue weighted by Crippen LogP contribution is 2.34. The van der Waals surface area contributed by atoms with E-state index in [4.69, 9.17) is 4.98 Å². The monoisotopic (exact) mass is 387 g/mol. The van der Waals surface area contributed by atoms with Gasteiger partial charge in [-0.05, 0) is 32.1 Å². The molecule has 0 aliphatic carbocycles. The summed E-state index contributed by atoms with van der Waals surface area (Å²) in [6.45, 7) is 2.18. The molecule has 6 heteroatoms. The lowest BCUT2D eigenvalue weighted by atomic mass is 10.2. The molecular weight excluding hydrogens is 362 g/mol. The molecule has 2 heterocycles. The highest BCUT2D eigenvalue weighted by atomic mass is 16.1. The van der Waals surface area contributed by atoms with Crippen LogP contribution in [0, 0.1) is 0 Å². The van der Waals surface area contributed by atoms with Crippen LogP contribution in [0.1, 0.15) is 16.1 Å². The van der Waals surface area contributed by atoms with Crippen LogP contribution in [0.2, 0.25) is 0 Å². The molecule has 2 aromatic carbocycles. The Balaban J connectivity index is 1.70. The van der Waals surface area contributed by atoms with Crippen LogP contribution in [0.25, 0.3) is 11.4 Å². The average Bonchev–Trinajstić information content (AvgIpc) is 3.18. The van der Waals surface area contributed by atoms with Gasteiger partial charge in [0.2, 0.25) is 0 Å². The Labute approximate surface area is 171 Å². The van der Waals surface area contributed by atoms with Gasteiger partial charge in [0.15, 0.2) is 5.82 Å². The molecule has 0 fully saturated rings. The lowest BCUT2D eigenvalue weighted by molar-refractivity contribution is 0.0946. The van der Waals surface area contributed by atoms with Gasteiger partial charge in [0.05, 0.1) is 0 Å². The van der Waals surface area contributed by atoms with Crippen molar-refractivity contribution in [2.45, 2.75) is 6.42 Å². The van der Waals surface area contributed by atoms with Crippen molar-refractivity contribution in [3.63, 3.8) is 0 Å². The molecule has 4 rings (SSSR count). The van der Waals surface area contributed by atoms with E-state index in [1.54, 1.807) is 6.07 Å². The van der Waals surface area contributed by atoms with E-state index in [1.807, 2.05) is 55.4 Å². The molecular formula is C23H25N5O. The largest absolute Gasteiger partial charge is 0.349 e. The third-order valence-corrected chi connectivity index (χ3v) is 4.99. The summed E-state index contributed by atoms with van der Waals surface area (Å²) in [7, 11) is 3.96. The van der Waals surface area contributed by atoms with Crippen molar-refractivity contribution >= 4 is 17.4 Å². The summed E-state index contributed by atoms with van der Waals surface area (Å²) < 4.78 is 0. The van der Waals surface area contributed by atoms with E-state index >= 15 is 0 Å². The van der Waals surface area contributed by atoms with E-state index in [0.29, 0.717) is 18.1 Å². The average molecular weight is 387 g/mol. The van der Waals surface area contributed by atoms with Gasteiger partial charge < -0.3 is 15.1 Å². The number of rotatable bonds is 6. The molecule has 1 amide bonds. The van der Waals surface area contributed by atoms with E-state index in [9.17, 15) is 4.79 Å². The fourth-order valence-corrected chi connectivity index (χ4v) is 3.47. The zero-order chi connectivity index (χ0) is 20.2. The minimum atomic E-state index is -0.180. The lowest BCUT2D eigenvalue weighted by Crippen LogP contribution is -2.32. The first kappa shape index (κ1) is 19.1. The predicted molar refractivity (Wildman–Crippen MR) is 116 cm³/mol. The third kappa shape index (κ3) is 4.27. The summed E-state index contributed by atoms with van der Waals surface area (Å²) in [5.74, 6) is 1.13. The van der Waals surface area contributed by atoms with Crippen LogP contribution < -0.4 is 10.2 Å². The Morgan fingerprint density at radius 1 is 1.07 bits per heavy atom. The molecule has 0 atom stereocenters. The van der Waals surface area contributed by atoms with Crippen molar-refractivity contribution in [1.29, 1.82) is 0 Å². The molecule has 6 nitrogen and oxygen atoms in total. The number of carbonyl (C=O) groups is 1. The number of hydrogen-bond donors (Lipinski definition) is 1. The first-order chi connectivity index (χ1) is 14.1. The number of nitrogens with one attached hydrogen (secondary N) is 1. The van der Waals surface area contributed by atoms with Crippen LogP contribution in [-0.4, -0.2) is 54.5 Å². The van der Waals surface area contributed by atoms with Crippen molar-refractivity contribution in [3.8, 4) is 11.4 Å². The number of fused-ring (bicyclic) bond motifs is 1. The summed E-state index contributed by atoms with van der Waals surface area (Å²) in [6.07, 6.45) is 0.964. The molecule has 1 aliphatic rings. The van der Waals surface area contributed by atoms with E-state index in [1.165, 1.54) is 5.56 Å². The Hall–Kier alpha value is -3.25. The topological polar surface area (TPSA) is 61.4 Å². The van der Waals surface area contributed by atoms with Gasteiger partial charge in [-0.3, -0.25) is 4.79 Å². The number of para-hydroxylation sites is 1. The minimum absolute atomic E-state index is 0.180. The van der Waals surface area contributed by atoms with Gasteiger partial charge in [-0.1, -0.05) is 48.5 Å². The van der Waals surface area contributed by atoms with Crippen LogP contribution in [-0.2, 0) is 6.42 Å². The second-order valence-corrected chi connectivity index (χ2v) is 7.39. The second kappa shape index (κ2) is 8.41. The van der Waals surface area contributed by atoms with E-state index in [2.05, 4.69) is 33.4 Å². The summed E-state index contributed by atoms with van der Waals surface area (Å²) in [4.78, 5) is 26.3. The Kier molecular flexibility index (Phi) is 5.53. The SMILES string of the molecule is CN(C)CCNC(=O)c1cc(N2CCc3ccccc32)nc(-c2ccccc2)n1. The minimum Gasteiger partial charge on any atom is -0.349 e. The molecule has 29 heavy (non-hydrogen) atoms. The van der Waals surface area contributed by atoms with E-state index in [0.717, 1.165) is 36.6 Å². The van der Waals surface area contributed by atoms with Crippen molar-refractivity contribution in [2.75, 3.05) is 38.6 Å². The standard InChI is InChI=1S/C23H25N5O/c1-27(2)15-13-24-23(29)19-16-21(26-22(25-19)18-9-4-3-5-10-18)28-14-12-17-8-6-7-11-20(17)28/h3-11,16H,12-15H2,1-2H3,(H,24,29). The number of amides is 1. The van der Waals surface area contributed by atoms with Gasteiger partial charge in [-0.25, -0.2) is 9.97 Å². The number of anilines is 2. The highest BCUT2D eigenvalue weighted by molar-refractivity contribution is 5.93. The normalized spacial score (nSPS) is 12.9. The molecule has 0 saturated heterocycles. The van der Waals surface area contributed by atoms with Crippen molar-refractivity contribution in [3.05, 3.63) is 71.9 Å². The molecule has 0 spiro atoms. The summed E-state index contributed by atoms with van der Waals surface area (Å²) in [5.41, 5.74) is 3.72. The number of aromatic nitrogens is 2. The second-order valence-electron chi connectivity index (χ2n) is 7.39. The maximum atomic E-state index is 12.8. The molecule has 0 bridgehead atoms. The van der Waals surface area contributed by atoms with Gasteiger partial charge >= 0.3 is 0 Å². The Bertz CT molecular complexity index is 1000. The molecule has 0 unspecified atom stereocenters. The Morgan fingerprint density at radius 2 is 1.83 bits per heavy atom. The number of likely N-dealkylation sites (N-methyl/N-ethyl adjacent to an activating group) is 1. The van der Waals surface area contributed by atoms with Gasteiger partial charge in [-0.2, -0.15) is 0 Å². The van der Waals surface area contributed by atoms with E-state index < -0.39 is 0 Å². The third-order valence-electron chi connectivity index (χ3n) is 4.99. The van der Waals surface area contributed by atoms with Gasteiger partial charge in [0, 0.05) is 37.0 Å². The maximum Gasteiger partial charge on any atom is 0.270 e. The smallest absolute Gasteiger partial charge is 0.270 e. The van der Waals surface area contributed by atoms with Crippen LogP contribution >= 0.6 is 0 Å². The van der Waals surface area contributed by atoms with Crippen LogP contribution in [0.4, 0.5) is 11.5 Å². The number of benzene rings is 2. The zero-order valence-electron chi connectivity index (χ0n) is 16.8. The van der Waals surface area contributed by atoms with Crippen LogP contribution in [0.15, 0.2) is 60.7 Å². The summed E-state index contributed by atoms with van der Waals surface area (Å²) in [5, 5.41) is 2.96. The molecule has 1 N–H and O–H groups in total. The van der Waals surface area contributed by atoms with Crippen molar-refractivity contribution in [1.82, 2.24) is 20.2 Å². The number of carbonyl (C=O) groups excluding carboxylic acids is 1. The lowest BCUT2D eigenvalue weighted by Gasteiger charge is -2.20. The predicted octanol–water partition coefficient (Wildman–Crippen LogP) is 3.13. The molecule has 3 aromatic rings. The molecule has 1 aliphatic heterocycles. The quantitative estimate of drug-likeness (QED) is 0.704. The summed E-state index contributed by atoms with van der Waals surface area (Å²) in [6, 6.07) is 19.9. The first-order valence-electron chi connectivity index (χ1n) is 9.85. The van der Waals surface area contributed by atoms with Crippen molar-refractivity contribution in [2.24, 2.45) is 0 Å². The van der Waals surface area contributed by atoms with Crippen LogP contribution in [0.5, 0.6) is 0 Å². The van der Waals surface area contributed by atoms with E-state index in [-0.39, 0.29) is 5.91 Å². The number of nitrogens with zero attached hydrogens (tertiary/aromatic N) is 4. The fraction of sp³-hybridized carbons (Fsp3) is 0.261. The van der Waals surface area contributed by atoms with Crippen LogP contribution in [0.3, 0.4) is 0 Å². The highest BCUT2D eigenvalue weighted by Gasteiger charge is 2.23. The summed E-state index contributed by atoms with van der Waals surface area (Å²) >= 11 is 0. The van der Waals surface area contributed by atoms with Crippen molar-refractivity contribution < 1.29 is 4.79 Å². The van der Waals surface area contributed by atoms with Gasteiger partial charge in [0.25, 0.3) is 5.91 Å². The zero-order valence-corrected chi connectivity index (χ0v) is 16.8.